The maximum Gasteiger partial charge on any atom is 0.328 e. The van der Waals surface area contributed by atoms with E-state index in [0.29, 0.717) is 22.9 Å². The molecule has 3 rings (SSSR count). The normalized spacial score (nSPS) is 10.7. The van der Waals surface area contributed by atoms with E-state index in [2.05, 4.69) is 5.32 Å². The van der Waals surface area contributed by atoms with E-state index in [4.69, 9.17) is 14.2 Å². The van der Waals surface area contributed by atoms with Gasteiger partial charge in [0.15, 0.2) is 11.5 Å². The van der Waals surface area contributed by atoms with Gasteiger partial charge >= 0.3 is 5.69 Å². The third-order valence-electron chi connectivity index (χ3n) is 4.56. The van der Waals surface area contributed by atoms with Crippen LogP contribution >= 0.6 is 0 Å². The Morgan fingerprint density at radius 2 is 1.61 bits per heavy atom. The van der Waals surface area contributed by atoms with Crippen LogP contribution in [0.1, 0.15) is 6.42 Å². The Morgan fingerprint density at radius 1 is 1.00 bits per heavy atom. The number of amides is 1. The first-order valence-electron chi connectivity index (χ1n) is 8.74. The van der Waals surface area contributed by atoms with Crippen LogP contribution in [-0.4, -0.2) is 36.4 Å². The fourth-order valence-corrected chi connectivity index (χ4v) is 3.17. The van der Waals surface area contributed by atoms with Crippen LogP contribution in [0.3, 0.4) is 0 Å². The molecule has 0 unspecified atom stereocenters. The lowest BCUT2D eigenvalue weighted by molar-refractivity contribution is -0.116. The minimum absolute atomic E-state index is 0.143. The molecule has 0 radical (unpaired) electrons. The molecule has 1 amide bonds. The van der Waals surface area contributed by atoms with Crippen LogP contribution in [0.4, 0.5) is 5.69 Å². The molecule has 1 N–H and O–H groups in total. The number of hydrogen-bond acceptors (Lipinski definition) is 5. The number of aryl methyl sites for hydroxylation is 2. The topological polar surface area (TPSA) is 83.7 Å². The number of para-hydroxylation sites is 2. The van der Waals surface area contributed by atoms with Gasteiger partial charge in [0.2, 0.25) is 11.7 Å². The number of aromatic nitrogens is 2. The lowest BCUT2D eigenvalue weighted by Gasteiger charge is -2.14. The molecular formula is C20H23N3O5. The fraction of sp³-hybridized carbons (Fsp3) is 0.300. The van der Waals surface area contributed by atoms with Crippen LogP contribution in [0, 0.1) is 0 Å². The second-order valence-corrected chi connectivity index (χ2v) is 6.19. The summed E-state index contributed by atoms with van der Waals surface area (Å²) in [6.45, 7) is 0.274. The number of nitrogens with one attached hydrogen (secondary N) is 1. The van der Waals surface area contributed by atoms with Crippen LogP contribution in [0.15, 0.2) is 41.2 Å². The number of hydrogen-bond donors (Lipinski definition) is 1. The van der Waals surface area contributed by atoms with Crippen LogP contribution < -0.4 is 25.2 Å². The number of fused-ring (bicyclic) bond motifs is 1. The SMILES string of the molecule is COc1cc(NC(=O)CCn2c(=O)n(C)c3ccccc32)cc(OC)c1OC. The highest BCUT2D eigenvalue weighted by Gasteiger charge is 2.15. The van der Waals surface area contributed by atoms with E-state index >= 15 is 0 Å². The van der Waals surface area contributed by atoms with Crippen molar-refractivity contribution in [2.45, 2.75) is 13.0 Å². The number of carbonyl (C=O) groups excluding carboxylic acids is 1. The van der Waals surface area contributed by atoms with E-state index in [-0.39, 0.29) is 24.6 Å². The number of rotatable bonds is 7. The van der Waals surface area contributed by atoms with Gasteiger partial charge in [-0.05, 0) is 12.1 Å². The molecule has 3 aromatic rings. The van der Waals surface area contributed by atoms with Gasteiger partial charge in [-0.25, -0.2) is 4.79 Å². The number of nitrogens with zero attached hydrogens (tertiary/aromatic N) is 2. The monoisotopic (exact) mass is 385 g/mol. The zero-order chi connectivity index (χ0) is 20.3. The second-order valence-electron chi connectivity index (χ2n) is 6.19. The predicted octanol–water partition coefficient (Wildman–Crippen LogP) is 2.39. The van der Waals surface area contributed by atoms with Crippen molar-refractivity contribution in [2.75, 3.05) is 26.6 Å². The van der Waals surface area contributed by atoms with Gasteiger partial charge in [-0.1, -0.05) is 12.1 Å². The summed E-state index contributed by atoms with van der Waals surface area (Å²) >= 11 is 0. The summed E-state index contributed by atoms with van der Waals surface area (Å²) in [6.07, 6.45) is 0.143. The Labute approximate surface area is 162 Å². The predicted molar refractivity (Wildman–Crippen MR) is 107 cm³/mol. The van der Waals surface area contributed by atoms with Gasteiger partial charge < -0.3 is 19.5 Å². The molecule has 8 heteroatoms. The zero-order valence-electron chi connectivity index (χ0n) is 16.3. The van der Waals surface area contributed by atoms with Crippen molar-refractivity contribution in [2.24, 2.45) is 7.05 Å². The van der Waals surface area contributed by atoms with Crippen LogP contribution in [0.5, 0.6) is 17.2 Å². The third kappa shape index (κ3) is 3.53. The Balaban J connectivity index is 1.77. The van der Waals surface area contributed by atoms with Crippen LogP contribution in [-0.2, 0) is 18.4 Å². The van der Waals surface area contributed by atoms with E-state index in [1.54, 1.807) is 28.3 Å². The smallest absolute Gasteiger partial charge is 0.328 e. The van der Waals surface area contributed by atoms with E-state index in [1.807, 2.05) is 24.3 Å². The molecule has 0 saturated heterocycles. The summed E-state index contributed by atoms with van der Waals surface area (Å²) in [4.78, 5) is 24.9. The number of carbonyl (C=O) groups is 1. The van der Waals surface area contributed by atoms with Crippen molar-refractivity contribution in [3.05, 3.63) is 46.9 Å². The van der Waals surface area contributed by atoms with E-state index in [0.717, 1.165) is 11.0 Å². The van der Waals surface area contributed by atoms with E-state index in [9.17, 15) is 9.59 Å². The largest absolute Gasteiger partial charge is 0.493 e. The molecule has 0 fully saturated rings. The summed E-state index contributed by atoms with van der Waals surface area (Å²) in [7, 11) is 6.25. The second kappa shape index (κ2) is 8.08. The van der Waals surface area contributed by atoms with Gasteiger partial charge in [-0.15, -0.1) is 0 Å². The first-order valence-corrected chi connectivity index (χ1v) is 8.74. The molecule has 0 aliphatic carbocycles. The molecular weight excluding hydrogens is 362 g/mol. The first-order chi connectivity index (χ1) is 13.5. The highest BCUT2D eigenvalue weighted by molar-refractivity contribution is 5.91. The standard InChI is InChI=1S/C20H23N3O5/c1-22-14-7-5-6-8-15(14)23(20(22)25)10-9-18(24)21-13-11-16(26-2)19(28-4)17(12-13)27-3/h5-8,11-12H,9-10H2,1-4H3,(H,21,24). The number of benzene rings is 2. The Morgan fingerprint density at radius 3 is 2.18 bits per heavy atom. The highest BCUT2D eigenvalue weighted by Crippen LogP contribution is 2.39. The molecule has 1 heterocycles. The number of methoxy groups -OCH3 is 3. The molecule has 0 aliphatic rings. The summed E-state index contributed by atoms with van der Waals surface area (Å²) in [5.41, 5.74) is 2.00. The molecule has 8 nitrogen and oxygen atoms in total. The summed E-state index contributed by atoms with van der Waals surface area (Å²) in [6, 6.07) is 10.8. The van der Waals surface area contributed by atoms with Gasteiger partial charge in [-0.3, -0.25) is 13.9 Å². The van der Waals surface area contributed by atoms with Crippen molar-refractivity contribution < 1.29 is 19.0 Å². The first kappa shape index (κ1) is 19.3. The zero-order valence-corrected chi connectivity index (χ0v) is 16.3. The quantitative estimate of drug-likeness (QED) is 0.675. The van der Waals surface area contributed by atoms with E-state index in [1.165, 1.54) is 21.3 Å². The summed E-state index contributed by atoms with van der Waals surface area (Å²) in [5, 5.41) is 2.81. The van der Waals surface area contributed by atoms with Gasteiger partial charge in [0.25, 0.3) is 0 Å². The molecule has 0 saturated carbocycles. The summed E-state index contributed by atoms with van der Waals surface area (Å²) in [5.74, 6) is 1.12. The van der Waals surface area contributed by atoms with E-state index < -0.39 is 0 Å². The van der Waals surface area contributed by atoms with Gasteiger partial charge in [0, 0.05) is 37.8 Å². The molecule has 1 aromatic heterocycles. The average molecular weight is 385 g/mol. The van der Waals surface area contributed by atoms with Crippen molar-refractivity contribution in [3.63, 3.8) is 0 Å². The fourth-order valence-electron chi connectivity index (χ4n) is 3.17. The van der Waals surface area contributed by atoms with Crippen molar-refractivity contribution in [1.82, 2.24) is 9.13 Å². The highest BCUT2D eigenvalue weighted by atomic mass is 16.5. The molecule has 0 spiro atoms. The number of ether oxygens (including phenoxy) is 3. The molecule has 148 valence electrons. The van der Waals surface area contributed by atoms with Crippen LogP contribution in [0.25, 0.3) is 11.0 Å². The minimum atomic E-state index is -0.228. The lowest BCUT2D eigenvalue weighted by atomic mass is 10.2. The Bertz CT molecular complexity index is 1040. The maximum absolute atomic E-state index is 12.4. The average Bonchev–Trinajstić information content (AvgIpc) is 2.96. The molecule has 0 bridgehead atoms. The van der Waals surface area contributed by atoms with Crippen molar-refractivity contribution in [1.29, 1.82) is 0 Å². The molecule has 2 aromatic carbocycles. The van der Waals surface area contributed by atoms with Gasteiger partial charge in [-0.2, -0.15) is 0 Å². The third-order valence-corrected chi connectivity index (χ3v) is 4.56. The number of imidazole rings is 1. The van der Waals surface area contributed by atoms with Gasteiger partial charge in [0.1, 0.15) is 0 Å². The van der Waals surface area contributed by atoms with Crippen LogP contribution in [0.2, 0.25) is 0 Å². The molecule has 28 heavy (non-hydrogen) atoms. The van der Waals surface area contributed by atoms with Crippen molar-refractivity contribution in [3.8, 4) is 17.2 Å². The Kier molecular flexibility index (Phi) is 5.58. The maximum atomic E-state index is 12.4. The Hall–Kier alpha value is -3.42. The molecule has 0 aliphatic heterocycles. The number of anilines is 1. The lowest BCUT2D eigenvalue weighted by Crippen LogP contribution is -2.24. The molecule has 0 atom stereocenters. The van der Waals surface area contributed by atoms with Crippen molar-refractivity contribution >= 4 is 22.6 Å². The minimum Gasteiger partial charge on any atom is -0.493 e. The summed E-state index contributed by atoms with van der Waals surface area (Å²) < 4.78 is 19.0. The van der Waals surface area contributed by atoms with Gasteiger partial charge in [0.05, 0.1) is 32.4 Å².